The van der Waals surface area contributed by atoms with E-state index in [-0.39, 0.29) is 0 Å². The van der Waals surface area contributed by atoms with Crippen LogP contribution in [-0.2, 0) is 0 Å². The monoisotopic (exact) mass is 432 g/mol. The summed E-state index contributed by atoms with van der Waals surface area (Å²) in [5.41, 5.74) is 20.5. The van der Waals surface area contributed by atoms with Gasteiger partial charge in [0.2, 0.25) is 0 Å². The van der Waals surface area contributed by atoms with Crippen LogP contribution in [0.5, 0.6) is 0 Å². The van der Waals surface area contributed by atoms with Crippen molar-refractivity contribution in [2.24, 2.45) is 0 Å². The molecule has 0 heteroatoms. The van der Waals surface area contributed by atoms with E-state index in [0.29, 0.717) is 0 Å². The van der Waals surface area contributed by atoms with E-state index in [4.69, 9.17) is 0 Å². The van der Waals surface area contributed by atoms with E-state index in [2.05, 4.69) is 117 Å². The minimum atomic E-state index is 1.34. The highest BCUT2D eigenvalue weighted by Gasteiger charge is 2.24. The van der Waals surface area contributed by atoms with Crippen LogP contribution in [0.25, 0.3) is 33.4 Å². The molecule has 0 bridgehead atoms. The lowest BCUT2D eigenvalue weighted by Gasteiger charge is -2.27. The molecule has 4 aromatic carbocycles. The van der Waals surface area contributed by atoms with Gasteiger partial charge in [0.25, 0.3) is 0 Å². The van der Waals surface area contributed by atoms with Crippen molar-refractivity contribution < 1.29 is 0 Å². The lowest BCUT2D eigenvalue weighted by atomic mass is 9.76. The maximum absolute atomic E-state index is 2.33. The van der Waals surface area contributed by atoms with Gasteiger partial charge in [0.05, 0.1) is 0 Å². The smallest absolute Gasteiger partial charge is 0.0108 e. The fraction of sp³-hybridized carbons (Fsp3) is 0.273. The Bertz CT molecular complexity index is 1130. The van der Waals surface area contributed by atoms with Gasteiger partial charge in [-0.3, -0.25) is 0 Å². The number of hydrogen-bond donors (Lipinski definition) is 0. The molecule has 0 unspecified atom stereocenters. The molecule has 4 aromatic rings. The Morgan fingerprint density at radius 1 is 0.273 bits per heavy atom. The lowest BCUT2D eigenvalue weighted by Crippen LogP contribution is -2.05. The quantitative estimate of drug-likeness (QED) is 0.302. The van der Waals surface area contributed by atoms with Gasteiger partial charge in [0.15, 0.2) is 0 Å². The highest BCUT2D eigenvalue weighted by Crippen LogP contribution is 2.47. The topological polar surface area (TPSA) is 0 Å². The zero-order valence-corrected chi connectivity index (χ0v) is 21.7. The summed E-state index contributed by atoms with van der Waals surface area (Å²) in [6.45, 7) is 20.5. The van der Waals surface area contributed by atoms with E-state index in [1.165, 1.54) is 83.5 Å². The number of hydrogen-bond acceptors (Lipinski definition) is 0. The average Bonchev–Trinajstić information content (AvgIpc) is 2.74. The Kier molecular flexibility index (Phi) is 6.06. The maximum atomic E-state index is 2.33. The second-order valence-corrected chi connectivity index (χ2v) is 9.80. The number of benzene rings is 4. The van der Waals surface area contributed by atoms with Gasteiger partial charge in [-0.1, -0.05) is 54.6 Å². The predicted octanol–water partition coefficient (Wildman–Crippen LogP) is 9.46. The van der Waals surface area contributed by atoms with Crippen molar-refractivity contribution in [3.63, 3.8) is 0 Å². The normalized spacial score (nSPS) is 11.2. The van der Waals surface area contributed by atoms with Crippen LogP contribution in [0.3, 0.4) is 0 Å². The first-order valence-electron chi connectivity index (χ1n) is 12.0. The summed E-state index contributed by atoms with van der Waals surface area (Å²) in [4.78, 5) is 0. The van der Waals surface area contributed by atoms with Gasteiger partial charge in [-0.15, -0.1) is 0 Å². The van der Waals surface area contributed by atoms with E-state index in [0.717, 1.165) is 0 Å². The minimum absolute atomic E-state index is 1.34. The van der Waals surface area contributed by atoms with Crippen molar-refractivity contribution in [2.75, 3.05) is 0 Å². The van der Waals surface area contributed by atoms with Crippen LogP contribution in [-0.4, -0.2) is 0 Å². The van der Waals surface area contributed by atoms with E-state index in [1.807, 2.05) is 0 Å². The molecular formula is C33H36. The summed E-state index contributed by atoms with van der Waals surface area (Å²) < 4.78 is 0. The van der Waals surface area contributed by atoms with Crippen LogP contribution in [0, 0.1) is 62.3 Å². The summed E-state index contributed by atoms with van der Waals surface area (Å²) in [5.74, 6) is 0. The molecule has 0 heterocycles. The molecule has 33 heavy (non-hydrogen) atoms. The Balaban J connectivity index is 2.28. The second-order valence-electron chi connectivity index (χ2n) is 9.80. The molecule has 0 saturated carbocycles. The largest absolute Gasteiger partial charge is 0.0617 e. The van der Waals surface area contributed by atoms with Crippen LogP contribution >= 0.6 is 0 Å². The third-order valence-electron chi connectivity index (χ3n) is 7.44. The van der Waals surface area contributed by atoms with Crippen molar-refractivity contribution in [1.29, 1.82) is 0 Å². The van der Waals surface area contributed by atoms with E-state index in [1.54, 1.807) is 0 Å². The molecule has 0 saturated heterocycles. The molecule has 0 aliphatic heterocycles. The highest BCUT2D eigenvalue weighted by molar-refractivity contribution is 5.95. The van der Waals surface area contributed by atoms with Crippen LogP contribution in [0.4, 0.5) is 0 Å². The summed E-state index contributed by atoms with van der Waals surface area (Å²) >= 11 is 0. The van der Waals surface area contributed by atoms with Gasteiger partial charge in [0.1, 0.15) is 0 Å². The number of rotatable bonds is 3. The van der Waals surface area contributed by atoms with Crippen LogP contribution in [0.2, 0.25) is 0 Å². The second kappa shape index (κ2) is 8.67. The van der Waals surface area contributed by atoms with Gasteiger partial charge >= 0.3 is 0 Å². The van der Waals surface area contributed by atoms with Crippen molar-refractivity contribution in [3.8, 4) is 33.4 Å². The fourth-order valence-corrected chi connectivity index (χ4v) is 5.97. The zero-order chi connectivity index (χ0) is 24.0. The SMILES string of the molecule is Cc1cccc(C)c1-c1c(C)c(-c2c(C)cccc2C)c(C)c(-c2c(C)cccc2C)c1C. The Labute approximate surface area is 200 Å². The summed E-state index contributed by atoms with van der Waals surface area (Å²) in [6.07, 6.45) is 0. The molecule has 0 aliphatic rings. The first-order valence-corrected chi connectivity index (χ1v) is 12.0. The fourth-order valence-electron chi connectivity index (χ4n) is 5.97. The van der Waals surface area contributed by atoms with Crippen molar-refractivity contribution in [2.45, 2.75) is 62.3 Å². The van der Waals surface area contributed by atoms with Gasteiger partial charge in [-0.25, -0.2) is 0 Å². The van der Waals surface area contributed by atoms with E-state index < -0.39 is 0 Å². The molecule has 0 radical (unpaired) electrons. The Hall–Kier alpha value is -3.12. The summed E-state index contributed by atoms with van der Waals surface area (Å²) in [5, 5.41) is 0. The Morgan fingerprint density at radius 2 is 0.455 bits per heavy atom. The minimum Gasteiger partial charge on any atom is -0.0617 e. The molecule has 0 spiro atoms. The Morgan fingerprint density at radius 3 is 0.636 bits per heavy atom. The highest BCUT2D eigenvalue weighted by atomic mass is 14.3. The standard InChI is InChI=1S/C33H36/c1-19-13-10-14-20(2)28(19)31-25(7)32(29-21(3)15-11-16-22(29)4)27(9)33(26(31)8)30-23(5)17-12-18-24(30)6/h10-18H,1-9H3. The van der Waals surface area contributed by atoms with Crippen LogP contribution in [0.15, 0.2) is 54.6 Å². The molecule has 0 N–H and O–H groups in total. The zero-order valence-electron chi connectivity index (χ0n) is 21.7. The van der Waals surface area contributed by atoms with E-state index in [9.17, 15) is 0 Å². The molecule has 0 amide bonds. The first kappa shape index (κ1) is 23.1. The average molecular weight is 433 g/mol. The van der Waals surface area contributed by atoms with Gasteiger partial charge in [-0.05, 0) is 146 Å². The predicted molar refractivity (Wildman–Crippen MR) is 145 cm³/mol. The third-order valence-corrected chi connectivity index (χ3v) is 7.44. The van der Waals surface area contributed by atoms with Gasteiger partial charge in [-0.2, -0.15) is 0 Å². The van der Waals surface area contributed by atoms with Crippen molar-refractivity contribution in [3.05, 3.63) is 105 Å². The summed E-state index contributed by atoms with van der Waals surface area (Å²) in [6, 6.07) is 20.0. The molecule has 4 rings (SSSR count). The van der Waals surface area contributed by atoms with Crippen LogP contribution < -0.4 is 0 Å². The van der Waals surface area contributed by atoms with Crippen LogP contribution in [0.1, 0.15) is 50.1 Å². The molecule has 0 aromatic heterocycles. The maximum Gasteiger partial charge on any atom is -0.0108 e. The lowest BCUT2D eigenvalue weighted by molar-refractivity contribution is 1.26. The first-order chi connectivity index (χ1) is 15.6. The van der Waals surface area contributed by atoms with Crippen molar-refractivity contribution >= 4 is 0 Å². The molecule has 0 fully saturated rings. The molecule has 168 valence electrons. The van der Waals surface area contributed by atoms with Gasteiger partial charge < -0.3 is 0 Å². The van der Waals surface area contributed by atoms with E-state index >= 15 is 0 Å². The molecule has 0 atom stereocenters. The van der Waals surface area contributed by atoms with Gasteiger partial charge in [0, 0.05) is 0 Å². The molecule has 0 nitrogen and oxygen atoms in total. The number of aryl methyl sites for hydroxylation is 6. The summed E-state index contributed by atoms with van der Waals surface area (Å²) in [7, 11) is 0. The molecule has 0 aliphatic carbocycles. The molecular weight excluding hydrogens is 396 g/mol. The third kappa shape index (κ3) is 3.72. The van der Waals surface area contributed by atoms with Crippen molar-refractivity contribution in [1.82, 2.24) is 0 Å².